The molecule has 0 amide bonds. The van der Waals surface area contributed by atoms with Crippen LogP contribution in [0.4, 0.5) is 5.69 Å². The van der Waals surface area contributed by atoms with Crippen LogP contribution in [0.1, 0.15) is 38.3 Å². The monoisotopic (exact) mass is 269 g/mol. The van der Waals surface area contributed by atoms with Crippen LogP contribution in [0.2, 0.25) is 0 Å². The fourth-order valence-electron chi connectivity index (χ4n) is 2.16. The van der Waals surface area contributed by atoms with Crippen LogP contribution in [0.15, 0.2) is 42.5 Å². The summed E-state index contributed by atoms with van der Waals surface area (Å²) in [6.45, 7) is 8.74. The van der Waals surface area contributed by atoms with E-state index in [1.165, 1.54) is 11.1 Å². The van der Waals surface area contributed by atoms with Crippen LogP contribution in [-0.2, 0) is 5.41 Å². The Morgan fingerprint density at radius 3 is 2.40 bits per heavy atom. The van der Waals surface area contributed by atoms with Crippen LogP contribution in [0.3, 0.4) is 0 Å². The van der Waals surface area contributed by atoms with Crippen molar-refractivity contribution in [3.05, 3.63) is 53.6 Å². The van der Waals surface area contributed by atoms with Gasteiger partial charge in [0.2, 0.25) is 0 Å². The number of hydrogen-bond donors (Lipinski definition) is 1. The number of aryl methyl sites for hydroxylation is 1. The maximum Gasteiger partial charge on any atom is 0.150 e. The van der Waals surface area contributed by atoms with Gasteiger partial charge in [-0.15, -0.1) is 0 Å². The Balaban J connectivity index is 2.46. The lowest BCUT2D eigenvalue weighted by Gasteiger charge is -2.26. The van der Waals surface area contributed by atoms with Gasteiger partial charge in [0.25, 0.3) is 0 Å². The maximum atomic E-state index is 6.08. The summed E-state index contributed by atoms with van der Waals surface area (Å²) in [6, 6.07) is 14.0. The molecule has 0 spiro atoms. The van der Waals surface area contributed by atoms with Crippen molar-refractivity contribution in [3.63, 3.8) is 0 Å². The van der Waals surface area contributed by atoms with Gasteiger partial charge in [-0.25, -0.2) is 0 Å². The van der Waals surface area contributed by atoms with Gasteiger partial charge in [0.1, 0.15) is 11.5 Å². The summed E-state index contributed by atoms with van der Waals surface area (Å²) in [5.74, 6) is 1.61. The predicted molar refractivity (Wildman–Crippen MR) is 85.4 cm³/mol. The van der Waals surface area contributed by atoms with Gasteiger partial charge in [0.15, 0.2) is 0 Å². The molecule has 0 radical (unpaired) electrons. The highest BCUT2D eigenvalue weighted by Gasteiger charge is 2.23. The third-order valence-electron chi connectivity index (χ3n) is 3.89. The highest BCUT2D eigenvalue weighted by Crippen LogP contribution is 2.38. The fraction of sp³-hybridized carbons (Fsp3) is 0.333. The van der Waals surface area contributed by atoms with E-state index >= 15 is 0 Å². The largest absolute Gasteiger partial charge is 0.455 e. The number of nitrogens with two attached hydrogens (primary N) is 1. The van der Waals surface area contributed by atoms with Crippen LogP contribution < -0.4 is 10.5 Å². The van der Waals surface area contributed by atoms with E-state index in [2.05, 4.69) is 45.9 Å². The Hall–Kier alpha value is -1.96. The van der Waals surface area contributed by atoms with E-state index in [0.717, 1.165) is 12.2 Å². The SMILES string of the molecule is CCC(C)(C)c1ccc(C)cc1Oc1ccccc1N. The smallest absolute Gasteiger partial charge is 0.150 e. The van der Waals surface area contributed by atoms with E-state index in [4.69, 9.17) is 10.5 Å². The second-order valence-corrected chi connectivity index (χ2v) is 5.88. The van der Waals surface area contributed by atoms with Crippen molar-refractivity contribution in [1.82, 2.24) is 0 Å². The van der Waals surface area contributed by atoms with Crippen molar-refractivity contribution >= 4 is 5.69 Å². The van der Waals surface area contributed by atoms with E-state index in [-0.39, 0.29) is 5.41 Å². The van der Waals surface area contributed by atoms with Crippen LogP contribution in [0.25, 0.3) is 0 Å². The van der Waals surface area contributed by atoms with Crippen molar-refractivity contribution in [3.8, 4) is 11.5 Å². The molecule has 2 heteroatoms. The molecule has 0 atom stereocenters. The van der Waals surface area contributed by atoms with Crippen LogP contribution in [0, 0.1) is 6.92 Å². The minimum absolute atomic E-state index is 0.0760. The third kappa shape index (κ3) is 2.96. The molecule has 0 fully saturated rings. The molecular formula is C18H23NO. The number of benzene rings is 2. The number of rotatable bonds is 4. The zero-order chi connectivity index (χ0) is 14.8. The van der Waals surface area contributed by atoms with Crippen molar-refractivity contribution < 1.29 is 4.74 Å². The van der Waals surface area contributed by atoms with E-state index in [1.807, 2.05) is 24.3 Å². The Bertz CT molecular complexity index is 602. The zero-order valence-corrected chi connectivity index (χ0v) is 12.7. The average Bonchev–Trinajstić information content (AvgIpc) is 2.41. The van der Waals surface area contributed by atoms with E-state index < -0.39 is 0 Å². The van der Waals surface area contributed by atoms with E-state index in [9.17, 15) is 0 Å². The lowest BCUT2D eigenvalue weighted by Crippen LogP contribution is -2.16. The lowest BCUT2D eigenvalue weighted by molar-refractivity contribution is 0.437. The van der Waals surface area contributed by atoms with Gasteiger partial charge in [-0.2, -0.15) is 0 Å². The molecule has 2 rings (SSSR count). The summed E-state index contributed by atoms with van der Waals surface area (Å²) in [5.41, 5.74) is 9.11. The number of ether oxygens (including phenoxy) is 1. The minimum Gasteiger partial charge on any atom is -0.455 e. The third-order valence-corrected chi connectivity index (χ3v) is 3.89. The Morgan fingerprint density at radius 2 is 1.75 bits per heavy atom. The highest BCUT2D eigenvalue weighted by atomic mass is 16.5. The molecule has 0 saturated heterocycles. The number of nitrogen functional groups attached to an aromatic ring is 1. The first-order valence-corrected chi connectivity index (χ1v) is 7.07. The highest BCUT2D eigenvalue weighted by molar-refractivity contribution is 5.55. The lowest BCUT2D eigenvalue weighted by atomic mass is 9.81. The van der Waals surface area contributed by atoms with Crippen molar-refractivity contribution in [2.24, 2.45) is 0 Å². The van der Waals surface area contributed by atoms with Crippen LogP contribution in [0.5, 0.6) is 11.5 Å². The molecule has 0 saturated carbocycles. The summed E-state index contributed by atoms with van der Waals surface area (Å²) in [5, 5.41) is 0. The number of hydrogen-bond acceptors (Lipinski definition) is 2. The summed E-state index contributed by atoms with van der Waals surface area (Å²) in [6.07, 6.45) is 1.05. The van der Waals surface area contributed by atoms with Gasteiger partial charge in [0.05, 0.1) is 5.69 Å². The molecule has 0 aromatic heterocycles. The molecule has 0 aliphatic heterocycles. The second-order valence-electron chi connectivity index (χ2n) is 5.88. The van der Waals surface area contributed by atoms with Gasteiger partial charge in [0, 0.05) is 5.56 Å². The molecular weight excluding hydrogens is 246 g/mol. The predicted octanol–water partition coefficient (Wildman–Crippen LogP) is 5.06. The Kier molecular flexibility index (Phi) is 4.03. The molecule has 2 N–H and O–H groups in total. The molecule has 0 bridgehead atoms. The maximum absolute atomic E-state index is 6.08. The molecule has 20 heavy (non-hydrogen) atoms. The normalized spacial score (nSPS) is 11.4. The summed E-state index contributed by atoms with van der Waals surface area (Å²) >= 11 is 0. The van der Waals surface area contributed by atoms with Gasteiger partial charge >= 0.3 is 0 Å². The molecule has 0 unspecified atom stereocenters. The quantitative estimate of drug-likeness (QED) is 0.788. The summed E-state index contributed by atoms with van der Waals surface area (Å²) < 4.78 is 6.08. The molecule has 2 aromatic rings. The molecule has 106 valence electrons. The topological polar surface area (TPSA) is 35.2 Å². The van der Waals surface area contributed by atoms with Gasteiger partial charge in [-0.1, -0.05) is 45.0 Å². The Morgan fingerprint density at radius 1 is 1.05 bits per heavy atom. The number of para-hydroxylation sites is 2. The first-order valence-electron chi connectivity index (χ1n) is 7.07. The molecule has 2 aromatic carbocycles. The fourth-order valence-corrected chi connectivity index (χ4v) is 2.16. The van der Waals surface area contributed by atoms with Crippen molar-refractivity contribution in [1.29, 1.82) is 0 Å². The van der Waals surface area contributed by atoms with Gasteiger partial charge in [-0.05, 0) is 42.5 Å². The standard InChI is InChI=1S/C18H23NO/c1-5-18(3,4)14-11-10-13(2)12-17(14)20-16-9-7-6-8-15(16)19/h6-12H,5,19H2,1-4H3. The Labute approximate surface area is 121 Å². The molecule has 0 aliphatic carbocycles. The summed E-state index contributed by atoms with van der Waals surface area (Å²) in [7, 11) is 0. The van der Waals surface area contributed by atoms with Gasteiger partial charge in [-0.3, -0.25) is 0 Å². The zero-order valence-electron chi connectivity index (χ0n) is 12.7. The van der Waals surface area contributed by atoms with Gasteiger partial charge < -0.3 is 10.5 Å². The van der Waals surface area contributed by atoms with Crippen LogP contribution >= 0.6 is 0 Å². The van der Waals surface area contributed by atoms with Crippen molar-refractivity contribution in [2.45, 2.75) is 39.5 Å². The van der Waals surface area contributed by atoms with Crippen molar-refractivity contribution in [2.75, 3.05) is 5.73 Å². The second kappa shape index (κ2) is 5.58. The van der Waals surface area contributed by atoms with Crippen LogP contribution in [-0.4, -0.2) is 0 Å². The molecule has 0 aliphatic rings. The average molecular weight is 269 g/mol. The molecule has 2 nitrogen and oxygen atoms in total. The minimum atomic E-state index is 0.0760. The summed E-state index contributed by atoms with van der Waals surface area (Å²) in [4.78, 5) is 0. The molecule has 0 heterocycles. The first kappa shape index (κ1) is 14.4. The number of anilines is 1. The van der Waals surface area contributed by atoms with E-state index in [0.29, 0.717) is 11.4 Å². The van der Waals surface area contributed by atoms with E-state index in [1.54, 1.807) is 0 Å². The first-order chi connectivity index (χ1) is 9.44.